The highest BCUT2D eigenvalue weighted by atomic mass is 16.5. The molecule has 5 rings (SSSR count). The summed E-state index contributed by atoms with van der Waals surface area (Å²) in [5.41, 5.74) is 3.89. The van der Waals surface area contributed by atoms with E-state index < -0.39 is 59.1 Å². The van der Waals surface area contributed by atoms with Crippen molar-refractivity contribution in [2.75, 3.05) is 26.2 Å². The number of rotatable bonds is 11. The number of nitrogens with one attached hydrogen (secondary N) is 3. The van der Waals surface area contributed by atoms with Crippen LogP contribution >= 0.6 is 0 Å². The molecule has 280 valence electrons. The van der Waals surface area contributed by atoms with Crippen LogP contribution in [-0.2, 0) is 28.7 Å². The first-order valence-electron chi connectivity index (χ1n) is 18.7. The van der Waals surface area contributed by atoms with Crippen molar-refractivity contribution < 1.29 is 33.5 Å². The SMILES string of the molecule is CC(C)[C@H](NC(=O)N[C@@H](C(=O)N1C[C@]2(CCCC2(C)C)CC1C(=O)NC(CC1CCC1)C(=O)C(N)=O)C(C)(C)C)C(=O)N1CCOC2(CC2)C1. The fourth-order valence-corrected chi connectivity index (χ4v) is 8.64. The van der Waals surface area contributed by atoms with Gasteiger partial charge in [0, 0.05) is 19.6 Å². The number of ketones is 1. The van der Waals surface area contributed by atoms with Gasteiger partial charge in [0.1, 0.15) is 18.1 Å². The molecule has 2 spiro atoms. The highest BCUT2D eigenvalue weighted by Gasteiger charge is 2.59. The standard InChI is InChI=1S/C37H60N6O7/c1-22(2)26(31(47)42-16-17-50-37(21-42)14-15-37)40-33(49)41-28(34(3,4)5)32(48)43-20-36(13-9-12-35(36,6)7)19-25(43)30(46)39-24(27(44)29(38)45)18-23-10-8-11-23/h22-26,28H,8-21H2,1-7H3,(H2,38,45)(H,39,46)(H2,40,41,49)/t24?,25?,26-,28-,36-/m0/s1. The highest BCUT2D eigenvalue weighted by Crippen LogP contribution is 2.59. The van der Waals surface area contributed by atoms with Crippen molar-refractivity contribution >= 4 is 35.4 Å². The van der Waals surface area contributed by atoms with Crippen molar-refractivity contribution in [3.63, 3.8) is 0 Å². The lowest BCUT2D eigenvalue weighted by molar-refractivity contribution is -0.144. The molecule has 2 saturated heterocycles. The van der Waals surface area contributed by atoms with Crippen molar-refractivity contribution in [2.24, 2.45) is 33.8 Å². The number of nitrogens with two attached hydrogens (primary N) is 1. The van der Waals surface area contributed by atoms with Crippen molar-refractivity contribution in [1.82, 2.24) is 25.8 Å². The molecule has 5 atom stereocenters. The first-order valence-corrected chi connectivity index (χ1v) is 18.7. The van der Waals surface area contributed by atoms with Gasteiger partial charge in [-0.05, 0) is 66.6 Å². The normalized spacial score (nSPS) is 27.4. The van der Waals surface area contributed by atoms with Gasteiger partial charge in [-0.15, -0.1) is 0 Å². The van der Waals surface area contributed by atoms with E-state index in [0.29, 0.717) is 39.1 Å². The third-order valence-electron chi connectivity index (χ3n) is 12.6. The molecule has 6 amide bonds. The summed E-state index contributed by atoms with van der Waals surface area (Å²) in [6.07, 6.45) is 8.21. The van der Waals surface area contributed by atoms with Gasteiger partial charge >= 0.3 is 6.03 Å². The van der Waals surface area contributed by atoms with Crippen LogP contribution < -0.4 is 21.7 Å². The Morgan fingerprint density at radius 3 is 2.10 bits per heavy atom. The molecule has 50 heavy (non-hydrogen) atoms. The molecule has 5 N–H and O–H groups in total. The Bertz CT molecular complexity index is 1370. The molecule has 0 aromatic carbocycles. The van der Waals surface area contributed by atoms with Gasteiger partial charge in [-0.3, -0.25) is 24.0 Å². The first kappa shape index (κ1) is 38.0. The Labute approximate surface area is 296 Å². The second kappa shape index (κ2) is 14.1. The number of hydrogen-bond donors (Lipinski definition) is 4. The van der Waals surface area contributed by atoms with Crippen LogP contribution in [0.15, 0.2) is 0 Å². The third-order valence-corrected chi connectivity index (χ3v) is 12.6. The second-order valence-electron chi connectivity index (χ2n) is 18.0. The number of amides is 6. The molecule has 3 saturated carbocycles. The number of nitrogens with zero attached hydrogens (tertiary/aromatic N) is 2. The van der Waals surface area contributed by atoms with Crippen LogP contribution in [0, 0.1) is 28.1 Å². The van der Waals surface area contributed by atoms with Crippen LogP contribution in [0.4, 0.5) is 4.79 Å². The van der Waals surface area contributed by atoms with Crippen LogP contribution in [0.3, 0.4) is 0 Å². The predicted octanol–water partition coefficient (Wildman–Crippen LogP) is 2.64. The van der Waals surface area contributed by atoms with Gasteiger partial charge in [0.2, 0.25) is 23.5 Å². The first-order chi connectivity index (χ1) is 23.3. The lowest BCUT2D eigenvalue weighted by Crippen LogP contribution is -2.62. The second-order valence-corrected chi connectivity index (χ2v) is 18.0. The van der Waals surface area contributed by atoms with E-state index in [1.54, 1.807) is 9.80 Å². The number of urea groups is 1. The van der Waals surface area contributed by atoms with Crippen LogP contribution in [0.5, 0.6) is 0 Å². The van der Waals surface area contributed by atoms with Gasteiger partial charge in [-0.25, -0.2) is 4.79 Å². The molecule has 5 fully saturated rings. The molecule has 13 nitrogen and oxygen atoms in total. The van der Waals surface area contributed by atoms with Crippen molar-refractivity contribution in [3.05, 3.63) is 0 Å². The fourth-order valence-electron chi connectivity index (χ4n) is 8.64. The van der Waals surface area contributed by atoms with Gasteiger partial charge in [0.05, 0.1) is 18.2 Å². The van der Waals surface area contributed by atoms with E-state index in [0.717, 1.165) is 51.4 Å². The Balaban J connectivity index is 1.36. The summed E-state index contributed by atoms with van der Waals surface area (Å²) in [6, 6.07) is -4.42. The van der Waals surface area contributed by atoms with Crippen molar-refractivity contribution in [2.45, 2.75) is 142 Å². The van der Waals surface area contributed by atoms with Crippen LogP contribution in [0.2, 0.25) is 0 Å². The van der Waals surface area contributed by atoms with E-state index in [9.17, 15) is 28.8 Å². The zero-order chi connectivity index (χ0) is 36.8. The minimum Gasteiger partial charge on any atom is -0.371 e. The van der Waals surface area contributed by atoms with Crippen LogP contribution in [0.1, 0.15) is 113 Å². The molecular weight excluding hydrogens is 640 g/mol. The number of morpholine rings is 1. The van der Waals surface area contributed by atoms with Crippen LogP contribution in [-0.4, -0.2) is 101 Å². The number of Topliss-reactive ketones (excluding diaryl/α,β-unsaturated/α-hetero) is 1. The Hall–Kier alpha value is -3.22. The van der Waals surface area contributed by atoms with Gasteiger partial charge in [0.25, 0.3) is 5.91 Å². The average Bonchev–Trinajstić information content (AvgIpc) is 3.50. The molecule has 2 aliphatic heterocycles. The predicted molar refractivity (Wildman–Crippen MR) is 186 cm³/mol. The van der Waals surface area contributed by atoms with E-state index in [4.69, 9.17) is 10.5 Å². The molecule has 0 aromatic rings. The minimum atomic E-state index is -1.09. The van der Waals surface area contributed by atoms with Crippen molar-refractivity contribution in [3.8, 4) is 0 Å². The maximum Gasteiger partial charge on any atom is 0.316 e. The number of ether oxygens (including phenoxy) is 1. The summed E-state index contributed by atoms with van der Waals surface area (Å²) in [6.45, 7) is 15.4. The van der Waals surface area contributed by atoms with E-state index in [1.807, 2.05) is 34.6 Å². The van der Waals surface area contributed by atoms with Gasteiger partial charge < -0.3 is 36.2 Å². The molecule has 2 heterocycles. The molecule has 3 aliphatic carbocycles. The van der Waals surface area contributed by atoms with Gasteiger partial charge in [-0.2, -0.15) is 0 Å². The highest BCUT2D eigenvalue weighted by molar-refractivity contribution is 6.37. The molecule has 0 radical (unpaired) electrons. The average molecular weight is 701 g/mol. The summed E-state index contributed by atoms with van der Waals surface area (Å²) in [5.74, 6) is -2.98. The maximum absolute atomic E-state index is 14.7. The smallest absolute Gasteiger partial charge is 0.316 e. The lowest BCUT2D eigenvalue weighted by Gasteiger charge is -2.39. The topological polar surface area (TPSA) is 180 Å². The molecule has 0 aromatic heterocycles. The zero-order valence-electron chi connectivity index (χ0n) is 31.2. The summed E-state index contributed by atoms with van der Waals surface area (Å²) < 4.78 is 5.88. The largest absolute Gasteiger partial charge is 0.371 e. The maximum atomic E-state index is 14.7. The number of carbonyl (C=O) groups excluding carboxylic acids is 6. The Kier molecular flexibility index (Phi) is 10.7. The number of primary amides is 1. The van der Waals surface area contributed by atoms with E-state index in [1.165, 1.54) is 0 Å². The quantitative estimate of drug-likeness (QED) is 0.239. The Morgan fingerprint density at radius 2 is 1.58 bits per heavy atom. The molecule has 5 aliphatic rings. The molecule has 2 unspecified atom stereocenters. The summed E-state index contributed by atoms with van der Waals surface area (Å²) >= 11 is 0. The zero-order valence-corrected chi connectivity index (χ0v) is 31.2. The lowest BCUT2D eigenvalue weighted by atomic mass is 9.66. The summed E-state index contributed by atoms with van der Waals surface area (Å²) in [5, 5.41) is 8.60. The van der Waals surface area contributed by atoms with E-state index in [2.05, 4.69) is 29.8 Å². The fraction of sp³-hybridized carbons (Fsp3) is 0.838. The Morgan fingerprint density at radius 1 is 0.900 bits per heavy atom. The van der Waals surface area contributed by atoms with E-state index >= 15 is 0 Å². The number of likely N-dealkylation sites (tertiary alicyclic amines) is 1. The molecule has 0 bridgehead atoms. The number of carbonyl (C=O) groups is 6. The third kappa shape index (κ3) is 7.82. The van der Waals surface area contributed by atoms with Crippen molar-refractivity contribution in [1.29, 1.82) is 0 Å². The summed E-state index contributed by atoms with van der Waals surface area (Å²) in [4.78, 5) is 84.4. The van der Waals surface area contributed by atoms with Gasteiger partial charge in [-0.1, -0.05) is 74.1 Å². The van der Waals surface area contributed by atoms with Gasteiger partial charge in [0.15, 0.2) is 0 Å². The van der Waals surface area contributed by atoms with Crippen LogP contribution in [0.25, 0.3) is 0 Å². The monoisotopic (exact) mass is 700 g/mol. The number of hydrogen-bond acceptors (Lipinski definition) is 7. The minimum absolute atomic E-state index is 0.152. The summed E-state index contributed by atoms with van der Waals surface area (Å²) in [7, 11) is 0. The van der Waals surface area contributed by atoms with E-state index in [-0.39, 0.29) is 34.2 Å². The molecular formula is C37H60N6O7. The molecule has 13 heteroatoms.